The van der Waals surface area contributed by atoms with Gasteiger partial charge in [-0.25, -0.2) is 8.42 Å². The molecule has 0 heterocycles. The molecule has 7 heavy (non-hydrogen) atoms. The zero-order valence-corrected chi connectivity index (χ0v) is 7.24. The van der Waals surface area contributed by atoms with Crippen LogP contribution >= 0.6 is 0 Å². The smallest absolute Gasteiger partial charge is 0.726 e. The van der Waals surface area contributed by atoms with E-state index in [0.717, 1.165) is 0 Å². The topological polar surface area (TPSA) is 112 Å². The molecule has 0 aromatic heterocycles. The predicted molar refractivity (Wildman–Crippen MR) is 17.3 cm³/mol. The van der Waals surface area contributed by atoms with E-state index >= 15 is 0 Å². The van der Waals surface area contributed by atoms with Gasteiger partial charge in [0.25, 0.3) is 0 Å². The summed E-state index contributed by atoms with van der Waals surface area (Å²) < 4.78 is 32.8. The minimum absolute atomic E-state index is 0. The molecule has 0 saturated carbocycles. The maximum absolute atomic E-state index is 8.63. The van der Waals surface area contributed by atoms with Crippen LogP contribution in [0.2, 0.25) is 0 Å². The van der Waals surface area contributed by atoms with Gasteiger partial charge in [0, 0.05) is 0 Å². The first-order valence-corrected chi connectivity index (χ1v) is 2.05. The minimum Gasteiger partial charge on any atom is -0.726 e. The molecule has 0 aromatic rings. The van der Waals surface area contributed by atoms with Crippen molar-refractivity contribution in [2.45, 2.75) is 0 Å². The number of rotatable bonds is 0. The van der Waals surface area contributed by atoms with Gasteiger partial charge in [-0.3, -0.25) is 4.55 Å². The summed E-state index contributed by atoms with van der Waals surface area (Å²) in [7, 11) is -4.92. The first kappa shape index (κ1) is 15.7. The molecule has 0 aliphatic carbocycles. The van der Waals surface area contributed by atoms with Crippen LogP contribution in [0.4, 0.5) is 0 Å². The van der Waals surface area contributed by atoms with Crippen LogP contribution in [0, 0.1) is 41.7 Å². The summed E-state index contributed by atoms with van der Waals surface area (Å²) in [5.41, 5.74) is 0. The van der Waals surface area contributed by atoms with E-state index in [9.17, 15) is 0 Å². The first-order chi connectivity index (χ1) is 2.00. The van der Waals surface area contributed by atoms with Gasteiger partial charge in [-0.05, 0) is 0 Å². The third-order valence-electron chi connectivity index (χ3n) is 0. The van der Waals surface area contributed by atoms with Crippen LogP contribution in [-0.4, -0.2) is 17.5 Å². The fourth-order valence-corrected chi connectivity index (χ4v) is 0. The molecule has 0 rings (SSSR count). The Bertz CT molecular complexity index is 94.9. The molecular formula is H4CeNO4S+3. The summed E-state index contributed by atoms with van der Waals surface area (Å²) in [4.78, 5) is 0. The van der Waals surface area contributed by atoms with E-state index in [1.165, 1.54) is 0 Å². The fourth-order valence-electron chi connectivity index (χ4n) is 0. The molecule has 0 saturated heterocycles. The van der Waals surface area contributed by atoms with Crippen molar-refractivity contribution < 1.29 is 59.3 Å². The minimum atomic E-state index is -4.92. The van der Waals surface area contributed by atoms with E-state index in [-0.39, 0.29) is 47.9 Å². The fraction of sp³-hybridized carbons (Fsp3) is 0. The Hall–Kier alpha value is 1.21. The van der Waals surface area contributed by atoms with E-state index < -0.39 is 10.4 Å². The van der Waals surface area contributed by atoms with Gasteiger partial charge in [-0.1, -0.05) is 0 Å². The van der Waals surface area contributed by atoms with Crippen LogP contribution < -0.4 is 6.15 Å². The third kappa shape index (κ3) is 134. The van der Waals surface area contributed by atoms with Crippen LogP contribution in [0.15, 0.2) is 0 Å². The quantitative estimate of drug-likeness (QED) is 0.432. The molecule has 40 valence electrons. The summed E-state index contributed by atoms with van der Waals surface area (Å²) in [5.74, 6) is 0. The Labute approximate surface area is 75.0 Å². The Morgan fingerprint density at radius 3 is 1.43 bits per heavy atom. The predicted octanol–water partition coefficient (Wildman–Crippen LogP) is -0.833. The first-order valence-electron chi connectivity index (χ1n) is 0.683. The maximum atomic E-state index is 8.63. The second kappa shape index (κ2) is 5.35. The molecule has 5 nitrogen and oxygen atoms in total. The van der Waals surface area contributed by atoms with Gasteiger partial charge in [0.1, 0.15) is 0 Å². The van der Waals surface area contributed by atoms with Crippen molar-refractivity contribution in [3.8, 4) is 0 Å². The Morgan fingerprint density at radius 1 is 1.43 bits per heavy atom. The summed E-state index contributed by atoms with van der Waals surface area (Å²) in [5, 5.41) is 0. The van der Waals surface area contributed by atoms with Crippen LogP contribution in [0.3, 0.4) is 0 Å². The SMILES string of the molecule is N.O=S(=O)([O-])O.[Ce+4]. The van der Waals surface area contributed by atoms with Crippen LogP contribution in [0.5, 0.6) is 0 Å². The van der Waals surface area contributed by atoms with Crippen molar-refractivity contribution in [3.05, 3.63) is 0 Å². The molecule has 0 bridgehead atoms. The van der Waals surface area contributed by atoms with Crippen molar-refractivity contribution >= 4 is 10.4 Å². The second-order valence-electron chi connectivity index (χ2n) is 0.428. The number of hydrogen-bond acceptors (Lipinski definition) is 4. The zero-order valence-electron chi connectivity index (χ0n) is 3.29. The Morgan fingerprint density at radius 2 is 1.43 bits per heavy atom. The Balaban J connectivity index is -0.0000000800. The average molecular weight is 254 g/mol. The van der Waals surface area contributed by atoms with Gasteiger partial charge in [0.2, 0.25) is 10.4 Å². The van der Waals surface area contributed by atoms with E-state index in [2.05, 4.69) is 0 Å². The van der Waals surface area contributed by atoms with Crippen molar-refractivity contribution in [1.29, 1.82) is 0 Å². The van der Waals surface area contributed by atoms with E-state index in [1.807, 2.05) is 0 Å². The zero-order chi connectivity index (χ0) is 4.50. The summed E-state index contributed by atoms with van der Waals surface area (Å²) in [6, 6.07) is 0. The summed E-state index contributed by atoms with van der Waals surface area (Å²) in [6.07, 6.45) is 0. The van der Waals surface area contributed by atoms with Crippen molar-refractivity contribution in [2.24, 2.45) is 0 Å². The average Bonchev–Trinajstić information content (AvgIpc) is 0.722. The third-order valence-corrected chi connectivity index (χ3v) is 0. The molecular weight excluding hydrogens is 250 g/mol. The molecule has 7 heteroatoms. The molecule has 0 aliphatic rings. The molecule has 0 atom stereocenters. The van der Waals surface area contributed by atoms with Gasteiger partial charge in [-0.2, -0.15) is 0 Å². The molecule has 4 N–H and O–H groups in total. The molecule has 0 aromatic carbocycles. The Kier molecular flexibility index (Phi) is 12.0. The normalized spacial score (nSPS) is 8.29. The molecule has 0 aliphatic heterocycles. The van der Waals surface area contributed by atoms with E-state index in [4.69, 9.17) is 17.5 Å². The van der Waals surface area contributed by atoms with E-state index in [0.29, 0.717) is 0 Å². The summed E-state index contributed by atoms with van der Waals surface area (Å²) in [6.45, 7) is 0. The van der Waals surface area contributed by atoms with Gasteiger partial charge in [-0.15, -0.1) is 0 Å². The van der Waals surface area contributed by atoms with Crippen LogP contribution in [0.25, 0.3) is 0 Å². The second-order valence-corrected chi connectivity index (χ2v) is 1.28. The van der Waals surface area contributed by atoms with Gasteiger partial charge in [0.15, 0.2) is 0 Å². The molecule has 0 fully saturated rings. The largest absolute Gasteiger partial charge is 4.00 e. The summed E-state index contributed by atoms with van der Waals surface area (Å²) >= 11 is 0. The van der Waals surface area contributed by atoms with E-state index in [1.54, 1.807) is 0 Å². The van der Waals surface area contributed by atoms with Crippen molar-refractivity contribution in [3.63, 3.8) is 0 Å². The molecule has 0 radical (unpaired) electrons. The van der Waals surface area contributed by atoms with Crippen molar-refractivity contribution in [2.75, 3.05) is 0 Å². The van der Waals surface area contributed by atoms with Crippen LogP contribution in [-0.2, 0) is 10.4 Å². The van der Waals surface area contributed by atoms with Gasteiger partial charge in [0.05, 0.1) is 0 Å². The molecule has 0 spiro atoms. The van der Waals surface area contributed by atoms with Gasteiger partial charge < -0.3 is 10.7 Å². The van der Waals surface area contributed by atoms with Crippen molar-refractivity contribution in [1.82, 2.24) is 6.15 Å². The number of hydrogen-bond donors (Lipinski definition) is 2. The molecule has 0 amide bonds. The van der Waals surface area contributed by atoms with Gasteiger partial charge >= 0.3 is 41.7 Å². The standard InChI is InChI=1S/Ce.H3N.H2O4S/c;;1-5(2,3)4/h;1H3;(H2,1,2,3,4)/q+4;;/p-1. The maximum Gasteiger partial charge on any atom is 4.00 e. The monoisotopic (exact) mass is 254 g/mol. The molecule has 0 unspecified atom stereocenters. The van der Waals surface area contributed by atoms with Crippen LogP contribution in [0.1, 0.15) is 0 Å².